The van der Waals surface area contributed by atoms with Crippen LogP contribution < -0.4 is 9.47 Å². The molecular weight excluding hydrogens is 312 g/mol. The Balaban J connectivity index is 2.36. The average Bonchev–Trinajstić information content (AvgIpc) is 3.01. The molecule has 0 saturated heterocycles. The van der Waals surface area contributed by atoms with Gasteiger partial charge in [0.1, 0.15) is 22.6 Å². The Morgan fingerprint density at radius 1 is 1.29 bits per heavy atom. The summed E-state index contributed by atoms with van der Waals surface area (Å²) in [5, 5.41) is 0.615. The SMILES string of the molecule is C=CC(C)(C)[C@@]1(OC)C(=O)Oc2cc3occc3c(OC)c2C1=O. The molecule has 3 rings (SSSR count). The summed E-state index contributed by atoms with van der Waals surface area (Å²) in [6.45, 7) is 7.11. The average molecular weight is 330 g/mol. The number of furan rings is 1. The van der Waals surface area contributed by atoms with Gasteiger partial charge >= 0.3 is 5.97 Å². The Morgan fingerprint density at radius 3 is 2.58 bits per heavy atom. The van der Waals surface area contributed by atoms with Crippen LogP contribution in [0.15, 0.2) is 35.5 Å². The monoisotopic (exact) mass is 330 g/mol. The van der Waals surface area contributed by atoms with Crippen molar-refractivity contribution in [1.82, 2.24) is 0 Å². The molecule has 6 heteroatoms. The van der Waals surface area contributed by atoms with Gasteiger partial charge in [0.05, 0.1) is 18.8 Å². The number of ether oxygens (including phenoxy) is 3. The van der Waals surface area contributed by atoms with E-state index in [-0.39, 0.29) is 17.1 Å². The van der Waals surface area contributed by atoms with Gasteiger partial charge in [-0.2, -0.15) is 0 Å². The maximum absolute atomic E-state index is 13.3. The zero-order chi connectivity index (χ0) is 17.7. The summed E-state index contributed by atoms with van der Waals surface area (Å²) >= 11 is 0. The van der Waals surface area contributed by atoms with Crippen molar-refractivity contribution < 1.29 is 28.2 Å². The van der Waals surface area contributed by atoms with E-state index in [4.69, 9.17) is 18.6 Å². The number of ketones is 1. The third-order valence-electron chi connectivity index (χ3n) is 4.64. The first-order valence-electron chi connectivity index (χ1n) is 7.38. The van der Waals surface area contributed by atoms with Gasteiger partial charge in [0.25, 0.3) is 0 Å². The van der Waals surface area contributed by atoms with E-state index in [0.717, 1.165) is 0 Å². The van der Waals surface area contributed by atoms with E-state index in [9.17, 15) is 9.59 Å². The number of rotatable bonds is 4. The van der Waals surface area contributed by atoms with E-state index in [0.29, 0.717) is 11.0 Å². The van der Waals surface area contributed by atoms with Crippen LogP contribution in [0.4, 0.5) is 0 Å². The first kappa shape index (κ1) is 16.3. The third-order valence-corrected chi connectivity index (χ3v) is 4.64. The number of benzene rings is 1. The van der Waals surface area contributed by atoms with Gasteiger partial charge in [0.15, 0.2) is 0 Å². The molecular formula is C18H18O6. The van der Waals surface area contributed by atoms with Gasteiger partial charge in [0.2, 0.25) is 11.4 Å². The molecule has 0 bridgehead atoms. The summed E-state index contributed by atoms with van der Waals surface area (Å²) in [6.07, 6.45) is 2.98. The van der Waals surface area contributed by atoms with Gasteiger partial charge < -0.3 is 18.6 Å². The van der Waals surface area contributed by atoms with Crippen molar-refractivity contribution in [3.05, 3.63) is 36.6 Å². The highest BCUT2D eigenvalue weighted by molar-refractivity contribution is 6.23. The van der Waals surface area contributed by atoms with E-state index < -0.39 is 22.8 Å². The molecule has 0 N–H and O–H groups in total. The quantitative estimate of drug-likeness (QED) is 0.371. The third kappa shape index (κ3) is 1.80. The molecule has 126 valence electrons. The molecule has 2 heterocycles. The molecule has 1 aliphatic rings. The van der Waals surface area contributed by atoms with Crippen LogP contribution in [0.1, 0.15) is 24.2 Å². The van der Waals surface area contributed by atoms with Crippen molar-refractivity contribution in [1.29, 1.82) is 0 Å². The zero-order valence-corrected chi connectivity index (χ0v) is 14.0. The normalized spacial score (nSPS) is 20.7. The second-order valence-electron chi connectivity index (χ2n) is 6.15. The van der Waals surface area contributed by atoms with Crippen LogP contribution in [-0.2, 0) is 9.53 Å². The van der Waals surface area contributed by atoms with Crippen LogP contribution in [0.25, 0.3) is 11.0 Å². The first-order valence-corrected chi connectivity index (χ1v) is 7.38. The molecule has 0 spiro atoms. The molecule has 24 heavy (non-hydrogen) atoms. The standard InChI is InChI=1S/C18H18O6/c1-6-17(2,3)18(22-5)15(19)13-12(24-16(18)20)9-11-10(7-8-23-11)14(13)21-4/h6-9H,1H2,2-5H3/t18-/m0/s1. The number of fused-ring (bicyclic) bond motifs is 2. The largest absolute Gasteiger partial charge is 0.495 e. The van der Waals surface area contributed by atoms with Crippen LogP contribution in [0.3, 0.4) is 0 Å². The lowest BCUT2D eigenvalue weighted by atomic mass is 9.69. The van der Waals surface area contributed by atoms with Crippen molar-refractivity contribution in [3.63, 3.8) is 0 Å². The van der Waals surface area contributed by atoms with Crippen molar-refractivity contribution in [2.24, 2.45) is 5.41 Å². The minimum Gasteiger partial charge on any atom is -0.495 e. The van der Waals surface area contributed by atoms with E-state index in [2.05, 4.69) is 6.58 Å². The van der Waals surface area contributed by atoms with Crippen LogP contribution in [0, 0.1) is 5.41 Å². The highest BCUT2D eigenvalue weighted by Crippen LogP contribution is 2.48. The van der Waals surface area contributed by atoms with Crippen LogP contribution in [0.5, 0.6) is 11.5 Å². The van der Waals surface area contributed by atoms with Crippen molar-refractivity contribution in [3.8, 4) is 11.5 Å². The van der Waals surface area contributed by atoms with Gasteiger partial charge in [-0.1, -0.05) is 19.9 Å². The maximum Gasteiger partial charge on any atom is 0.352 e. The minimum atomic E-state index is -1.84. The fraction of sp³-hybridized carbons (Fsp3) is 0.333. The van der Waals surface area contributed by atoms with Gasteiger partial charge in [-0.25, -0.2) is 4.79 Å². The number of methoxy groups -OCH3 is 2. The van der Waals surface area contributed by atoms with Crippen molar-refractivity contribution >= 4 is 22.7 Å². The molecule has 0 unspecified atom stereocenters. The van der Waals surface area contributed by atoms with Gasteiger partial charge in [0, 0.05) is 18.6 Å². The Kier molecular flexibility index (Phi) is 3.53. The molecule has 1 atom stereocenters. The Labute approximate surface area is 139 Å². The molecule has 2 aromatic rings. The summed E-state index contributed by atoms with van der Waals surface area (Å²) in [6, 6.07) is 3.19. The summed E-state index contributed by atoms with van der Waals surface area (Å²) < 4.78 is 21.6. The molecule has 0 fully saturated rings. The Bertz CT molecular complexity index is 860. The number of Topliss-reactive ketones (excluding diaryl/α,β-unsaturated/α-hetero) is 1. The highest BCUT2D eigenvalue weighted by Gasteiger charge is 2.61. The lowest BCUT2D eigenvalue weighted by Gasteiger charge is -2.42. The number of carbonyl (C=O) groups excluding carboxylic acids is 2. The van der Waals surface area contributed by atoms with Gasteiger partial charge in [-0.05, 0) is 6.07 Å². The summed E-state index contributed by atoms with van der Waals surface area (Å²) in [4.78, 5) is 26.1. The summed E-state index contributed by atoms with van der Waals surface area (Å²) in [5.74, 6) is -0.937. The molecule has 1 aromatic carbocycles. The van der Waals surface area contributed by atoms with Crippen LogP contribution in [0.2, 0.25) is 0 Å². The highest BCUT2D eigenvalue weighted by atomic mass is 16.6. The predicted octanol–water partition coefficient (Wildman–Crippen LogP) is 3.14. The van der Waals surface area contributed by atoms with Crippen molar-refractivity contribution in [2.75, 3.05) is 14.2 Å². The molecule has 0 amide bonds. The molecule has 1 aliphatic heterocycles. The van der Waals surface area contributed by atoms with E-state index in [1.807, 2.05) is 0 Å². The van der Waals surface area contributed by atoms with Crippen LogP contribution in [-0.4, -0.2) is 31.6 Å². The van der Waals surface area contributed by atoms with E-state index in [1.54, 1.807) is 19.9 Å². The molecule has 1 aromatic heterocycles. The van der Waals surface area contributed by atoms with Gasteiger partial charge in [-0.15, -0.1) is 6.58 Å². The van der Waals surface area contributed by atoms with E-state index >= 15 is 0 Å². The number of hydrogen-bond donors (Lipinski definition) is 0. The predicted molar refractivity (Wildman–Crippen MR) is 86.4 cm³/mol. The summed E-state index contributed by atoms with van der Waals surface area (Å²) in [5.41, 5.74) is -2.22. The molecule has 0 aliphatic carbocycles. The topological polar surface area (TPSA) is 75.0 Å². The fourth-order valence-electron chi connectivity index (χ4n) is 3.14. The second-order valence-corrected chi connectivity index (χ2v) is 6.15. The lowest BCUT2D eigenvalue weighted by molar-refractivity contribution is -0.163. The van der Waals surface area contributed by atoms with Gasteiger partial charge in [-0.3, -0.25) is 4.79 Å². The summed E-state index contributed by atoms with van der Waals surface area (Å²) in [7, 11) is 2.75. The zero-order valence-electron chi connectivity index (χ0n) is 14.0. The molecule has 0 saturated carbocycles. The number of carbonyl (C=O) groups is 2. The molecule has 0 radical (unpaired) electrons. The maximum atomic E-state index is 13.3. The van der Waals surface area contributed by atoms with Crippen molar-refractivity contribution in [2.45, 2.75) is 19.4 Å². The smallest absolute Gasteiger partial charge is 0.352 e. The Morgan fingerprint density at radius 2 is 2.00 bits per heavy atom. The fourth-order valence-corrected chi connectivity index (χ4v) is 3.14. The van der Waals surface area contributed by atoms with Crippen LogP contribution >= 0.6 is 0 Å². The number of esters is 1. The Hall–Kier alpha value is -2.60. The van der Waals surface area contributed by atoms with E-state index in [1.165, 1.54) is 32.6 Å². The minimum absolute atomic E-state index is 0.0943. The molecule has 6 nitrogen and oxygen atoms in total. The lowest BCUT2D eigenvalue weighted by Crippen LogP contribution is -2.61. The number of hydrogen-bond acceptors (Lipinski definition) is 6. The first-order chi connectivity index (χ1) is 11.3. The second kappa shape index (κ2) is 5.21.